The van der Waals surface area contributed by atoms with Gasteiger partial charge in [0.15, 0.2) is 0 Å². The number of carbonyl (C=O) groups excluding carboxylic acids is 1. The lowest BCUT2D eigenvalue weighted by Gasteiger charge is -2.28. The van der Waals surface area contributed by atoms with Crippen LogP contribution in [0.4, 0.5) is 11.4 Å². The monoisotopic (exact) mass is 478 g/mol. The van der Waals surface area contributed by atoms with E-state index in [2.05, 4.69) is 22.0 Å². The van der Waals surface area contributed by atoms with Crippen LogP contribution < -0.4 is 9.64 Å². The number of esters is 1. The van der Waals surface area contributed by atoms with Crippen LogP contribution in [0, 0.1) is 0 Å². The van der Waals surface area contributed by atoms with Crippen LogP contribution in [0.5, 0.6) is 5.75 Å². The van der Waals surface area contributed by atoms with E-state index in [-0.39, 0.29) is 17.9 Å². The number of ether oxygens (including phenoxy) is 2. The second-order valence-electron chi connectivity index (χ2n) is 8.04. The maximum atomic E-state index is 12.6. The Morgan fingerprint density at radius 2 is 1.74 bits per heavy atom. The SMILES string of the molecule is CCOC(=O)C1=C(O)/C(=C\c2ccc(N3CCCCC3)cc2)SC1=Nc1ccc(OCC)cc1. The van der Waals surface area contributed by atoms with Crippen molar-refractivity contribution in [3.05, 3.63) is 70.3 Å². The first-order valence-electron chi connectivity index (χ1n) is 11.8. The summed E-state index contributed by atoms with van der Waals surface area (Å²) in [5, 5.41) is 11.3. The van der Waals surface area contributed by atoms with Crippen molar-refractivity contribution < 1.29 is 19.4 Å². The topological polar surface area (TPSA) is 71.4 Å². The molecule has 0 bridgehead atoms. The Hall–Kier alpha value is -3.19. The van der Waals surface area contributed by atoms with Crippen molar-refractivity contribution in [2.75, 3.05) is 31.2 Å². The molecule has 2 aromatic rings. The molecule has 0 atom stereocenters. The zero-order valence-corrected chi connectivity index (χ0v) is 20.4. The van der Waals surface area contributed by atoms with Crippen LogP contribution in [0.3, 0.4) is 0 Å². The zero-order chi connectivity index (χ0) is 23.9. The number of aliphatic imine (C=N–C) groups is 1. The number of rotatable bonds is 7. The molecule has 2 heterocycles. The van der Waals surface area contributed by atoms with E-state index in [1.165, 1.54) is 36.7 Å². The van der Waals surface area contributed by atoms with Crippen LogP contribution >= 0.6 is 11.8 Å². The largest absolute Gasteiger partial charge is 0.506 e. The van der Waals surface area contributed by atoms with Crippen LogP contribution in [0.25, 0.3) is 6.08 Å². The predicted molar refractivity (Wildman–Crippen MR) is 139 cm³/mol. The molecule has 2 aliphatic rings. The number of nitrogens with zero attached hydrogens (tertiary/aromatic N) is 2. The standard InChI is InChI=1S/C27H30N2O4S/c1-3-32-22-14-10-20(11-15-22)28-26-24(27(31)33-4-2)25(30)23(34-26)18-19-8-12-21(13-9-19)29-16-6-5-7-17-29/h8-15,18,30H,3-7,16-17H2,1-2H3/b23-18+,28-26?. The van der Waals surface area contributed by atoms with Gasteiger partial charge in [-0.2, -0.15) is 0 Å². The second-order valence-corrected chi connectivity index (χ2v) is 9.07. The fraction of sp³-hybridized carbons (Fsp3) is 0.333. The maximum Gasteiger partial charge on any atom is 0.344 e. The molecule has 1 fully saturated rings. The van der Waals surface area contributed by atoms with E-state index in [1.54, 1.807) is 6.92 Å². The fourth-order valence-corrected chi connectivity index (χ4v) is 5.01. The quantitative estimate of drug-likeness (QED) is 0.473. The number of hydrogen-bond acceptors (Lipinski definition) is 7. The van der Waals surface area contributed by atoms with E-state index >= 15 is 0 Å². The Kier molecular flexibility index (Phi) is 7.95. The van der Waals surface area contributed by atoms with Crippen LogP contribution in [-0.2, 0) is 9.53 Å². The van der Waals surface area contributed by atoms with Crippen molar-refractivity contribution in [2.24, 2.45) is 4.99 Å². The molecule has 0 saturated carbocycles. The minimum atomic E-state index is -0.582. The molecule has 178 valence electrons. The molecule has 34 heavy (non-hydrogen) atoms. The summed E-state index contributed by atoms with van der Waals surface area (Å²) < 4.78 is 10.7. The van der Waals surface area contributed by atoms with Crippen LogP contribution in [0.1, 0.15) is 38.7 Å². The first-order valence-corrected chi connectivity index (χ1v) is 12.6. The smallest absolute Gasteiger partial charge is 0.344 e. The van der Waals surface area contributed by atoms with E-state index in [9.17, 15) is 9.90 Å². The summed E-state index contributed by atoms with van der Waals surface area (Å²) in [6, 6.07) is 15.6. The van der Waals surface area contributed by atoms with E-state index in [1.807, 2.05) is 49.4 Å². The van der Waals surface area contributed by atoms with Crippen molar-refractivity contribution in [1.82, 2.24) is 0 Å². The highest BCUT2D eigenvalue weighted by Crippen LogP contribution is 2.40. The van der Waals surface area contributed by atoms with Gasteiger partial charge in [-0.3, -0.25) is 0 Å². The molecular formula is C27H30N2O4S. The summed E-state index contributed by atoms with van der Waals surface area (Å²) in [6.45, 7) is 6.65. The van der Waals surface area contributed by atoms with Gasteiger partial charge in [-0.05, 0) is 81.1 Å². The molecule has 0 amide bonds. The third kappa shape index (κ3) is 5.65. The van der Waals surface area contributed by atoms with Crippen LogP contribution in [0.2, 0.25) is 0 Å². The summed E-state index contributed by atoms with van der Waals surface area (Å²) in [7, 11) is 0. The first-order chi connectivity index (χ1) is 16.6. The van der Waals surface area contributed by atoms with Gasteiger partial charge in [0.1, 0.15) is 22.1 Å². The second kappa shape index (κ2) is 11.3. The average molecular weight is 479 g/mol. The number of thioether (sulfide) groups is 1. The van der Waals surface area contributed by atoms with Gasteiger partial charge >= 0.3 is 5.97 Å². The number of carbonyl (C=O) groups is 1. The summed E-state index contributed by atoms with van der Waals surface area (Å²) in [5.41, 5.74) is 2.91. The van der Waals surface area contributed by atoms with E-state index in [4.69, 9.17) is 9.47 Å². The Balaban J connectivity index is 1.60. The highest BCUT2D eigenvalue weighted by Gasteiger charge is 2.33. The highest BCUT2D eigenvalue weighted by atomic mass is 32.2. The molecule has 6 nitrogen and oxygen atoms in total. The number of benzene rings is 2. The molecule has 1 saturated heterocycles. The molecular weight excluding hydrogens is 448 g/mol. The molecule has 0 radical (unpaired) electrons. The lowest BCUT2D eigenvalue weighted by atomic mass is 10.1. The van der Waals surface area contributed by atoms with E-state index in [0.29, 0.717) is 22.2 Å². The number of anilines is 1. The van der Waals surface area contributed by atoms with Gasteiger partial charge in [-0.15, -0.1) is 0 Å². The first kappa shape index (κ1) is 24.0. The normalized spacial score (nSPS) is 18.6. The average Bonchev–Trinajstić information content (AvgIpc) is 3.16. The Morgan fingerprint density at radius 3 is 2.38 bits per heavy atom. The lowest BCUT2D eigenvalue weighted by Crippen LogP contribution is -2.29. The molecule has 0 spiro atoms. The lowest BCUT2D eigenvalue weighted by molar-refractivity contribution is -0.138. The predicted octanol–water partition coefficient (Wildman–Crippen LogP) is 6.27. The molecule has 0 aliphatic carbocycles. The van der Waals surface area contributed by atoms with Crippen molar-refractivity contribution in [1.29, 1.82) is 0 Å². The third-order valence-electron chi connectivity index (χ3n) is 5.66. The molecule has 1 N–H and O–H groups in total. The Morgan fingerprint density at radius 1 is 1.03 bits per heavy atom. The van der Waals surface area contributed by atoms with Gasteiger partial charge < -0.3 is 19.5 Å². The van der Waals surface area contributed by atoms with E-state index < -0.39 is 5.97 Å². The van der Waals surface area contributed by atoms with Gasteiger partial charge in [0.05, 0.1) is 23.8 Å². The van der Waals surface area contributed by atoms with Gasteiger partial charge in [0, 0.05) is 18.8 Å². The maximum absolute atomic E-state index is 12.6. The Labute approximate surface area is 205 Å². The molecule has 2 aromatic carbocycles. The zero-order valence-electron chi connectivity index (χ0n) is 19.6. The van der Waals surface area contributed by atoms with Gasteiger partial charge in [0.25, 0.3) is 0 Å². The van der Waals surface area contributed by atoms with Crippen LogP contribution in [0.15, 0.2) is 69.8 Å². The third-order valence-corrected chi connectivity index (χ3v) is 6.68. The van der Waals surface area contributed by atoms with Gasteiger partial charge in [-0.25, -0.2) is 9.79 Å². The number of aliphatic hydroxyl groups excluding tert-OH is 1. The van der Waals surface area contributed by atoms with Crippen molar-refractivity contribution in [3.8, 4) is 5.75 Å². The Bertz CT molecular complexity index is 1100. The van der Waals surface area contributed by atoms with Gasteiger partial charge in [0.2, 0.25) is 0 Å². The fourth-order valence-electron chi connectivity index (χ4n) is 3.98. The molecule has 0 aromatic heterocycles. The molecule has 0 unspecified atom stereocenters. The molecule has 7 heteroatoms. The minimum Gasteiger partial charge on any atom is -0.506 e. The van der Waals surface area contributed by atoms with Gasteiger partial charge in [-0.1, -0.05) is 23.9 Å². The number of aliphatic hydroxyl groups is 1. The van der Waals surface area contributed by atoms with Crippen molar-refractivity contribution in [3.63, 3.8) is 0 Å². The van der Waals surface area contributed by atoms with Crippen molar-refractivity contribution >= 4 is 40.2 Å². The molecule has 2 aliphatic heterocycles. The summed E-state index contributed by atoms with van der Waals surface area (Å²) in [5.74, 6) is 0.0670. The summed E-state index contributed by atoms with van der Waals surface area (Å²) in [4.78, 5) is 20.2. The number of piperidine rings is 1. The molecule has 4 rings (SSSR count). The summed E-state index contributed by atoms with van der Waals surface area (Å²) in [6.07, 6.45) is 5.63. The summed E-state index contributed by atoms with van der Waals surface area (Å²) >= 11 is 1.26. The minimum absolute atomic E-state index is 0.0944. The number of hydrogen-bond donors (Lipinski definition) is 1. The highest BCUT2D eigenvalue weighted by molar-refractivity contribution is 8.18. The van der Waals surface area contributed by atoms with Crippen LogP contribution in [-0.4, -0.2) is 42.4 Å². The van der Waals surface area contributed by atoms with E-state index in [0.717, 1.165) is 24.4 Å². The van der Waals surface area contributed by atoms with Crippen molar-refractivity contribution in [2.45, 2.75) is 33.1 Å².